The van der Waals surface area contributed by atoms with Gasteiger partial charge < -0.3 is 5.32 Å². The quantitative estimate of drug-likeness (QED) is 0.767. The molecule has 0 saturated carbocycles. The van der Waals surface area contributed by atoms with Crippen LogP contribution >= 0.6 is 0 Å². The molecule has 0 amide bonds. The smallest absolute Gasteiger partial charge is 0.0317 e. The van der Waals surface area contributed by atoms with Crippen molar-refractivity contribution in [1.82, 2.24) is 5.32 Å². The van der Waals surface area contributed by atoms with Crippen molar-refractivity contribution in [2.75, 3.05) is 7.05 Å². The Labute approximate surface area is 88.5 Å². The number of hydrogen-bond acceptors (Lipinski definition) is 1. The van der Waals surface area contributed by atoms with Gasteiger partial charge in [0.2, 0.25) is 0 Å². The molecular formula is C13H23N. The number of rotatable bonds is 4. The fraction of sp³-hybridized carbons (Fsp3) is 0.538. The predicted molar refractivity (Wildman–Crippen MR) is 64.5 cm³/mol. The largest absolute Gasteiger partial charge is 0.313 e. The van der Waals surface area contributed by atoms with E-state index in [4.69, 9.17) is 0 Å². The van der Waals surface area contributed by atoms with Gasteiger partial charge in [0, 0.05) is 6.04 Å². The van der Waals surface area contributed by atoms with Crippen LogP contribution in [0.15, 0.2) is 30.3 Å². The molecule has 0 spiro atoms. The maximum absolute atomic E-state index is 3.32. The van der Waals surface area contributed by atoms with Crippen LogP contribution in [-0.2, 0) is 0 Å². The van der Waals surface area contributed by atoms with Crippen LogP contribution < -0.4 is 5.32 Å². The van der Waals surface area contributed by atoms with E-state index in [9.17, 15) is 0 Å². The van der Waals surface area contributed by atoms with E-state index in [1.165, 1.54) is 18.4 Å². The van der Waals surface area contributed by atoms with Crippen LogP contribution in [0.3, 0.4) is 0 Å². The lowest BCUT2D eigenvalue weighted by Gasteiger charge is -2.14. The molecule has 1 heteroatoms. The van der Waals surface area contributed by atoms with Crippen molar-refractivity contribution in [2.45, 2.75) is 39.7 Å². The molecule has 80 valence electrons. The Morgan fingerprint density at radius 2 is 1.71 bits per heavy atom. The van der Waals surface area contributed by atoms with Crippen LogP contribution in [0, 0.1) is 0 Å². The van der Waals surface area contributed by atoms with Gasteiger partial charge in [-0.25, -0.2) is 0 Å². The Bertz CT molecular complexity index is 206. The van der Waals surface area contributed by atoms with Gasteiger partial charge in [-0.15, -0.1) is 0 Å². The van der Waals surface area contributed by atoms with Crippen molar-refractivity contribution >= 4 is 0 Å². The Morgan fingerprint density at radius 1 is 1.14 bits per heavy atom. The van der Waals surface area contributed by atoms with Crippen LogP contribution in [0.2, 0.25) is 0 Å². The highest BCUT2D eigenvalue weighted by Crippen LogP contribution is 2.16. The molecule has 0 bridgehead atoms. The summed E-state index contributed by atoms with van der Waals surface area (Å²) in [6.07, 6.45) is 2.43. The van der Waals surface area contributed by atoms with Crippen LogP contribution in [0.25, 0.3) is 0 Å². The van der Waals surface area contributed by atoms with E-state index in [0.29, 0.717) is 6.04 Å². The third kappa shape index (κ3) is 4.43. The number of benzene rings is 1. The summed E-state index contributed by atoms with van der Waals surface area (Å²) in [5, 5.41) is 3.32. The highest BCUT2D eigenvalue weighted by atomic mass is 14.9. The van der Waals surface area contributed by atoms with E-state index < -0.39 is 0 Å². The summed E-state index contributed by atoms with van der Waals surface area (Å²) >= 11 is 0. The molecule has 0 aliphatic carbocycles. The average molecular weight is 193 g/mol. The van der Waals surface area contributed by atoms with Gasteiger partial charge in [-0.2, -0.15) is 0 Å². The summed E-state index contributed by atoms with van der Waals surface area (Å²) in [5.74, 6) is 0. The molecule has 0 aliphatic rings. The SMILES string of the molecule is CC.CCCC(NC)c1ccccc1. The minimum Gasteiger partial charge on any atom is -0.313 e. The van der Waals surface area contributed by atoms with Gasteiger partial charge in [0.1, 0.15) is 0 Å². The van der Waals surface area contributed by atoms with E-state index in [2.05, 4.69) is 42.6 Å². The highest BCUT2D eigenvalue weighted by molar-refractivity contribution is 5.18. The van der Waals surface area contributed by atoms with Gasteiger partial charge in [-0.05, 0) is 19.0 Å². The predicted octanol–water partition coefficient (Wildman–Crippen LogP) is 3.77. The second-order valence-corrected chi connectivity index (χ2v) is 3.04. The molecule has 0 saturated heterocycles. The molecule has 1 unspecified atom stereocenters. The first-order chi connectivity index (χ1) is 6.88. The van der Waals surface area contributed by atoms with Crippen LogP contribution in [-0.4, -0.2) is 7.05 Å². The molecule has 1 aromatic rings. The minimum absolute atomic E-state index is 0.524. The minimum atomic E-state index is 0.524. The average Bonchev–Trinajstić information content (AvgIpc) is 2.30. The zero-order valence-corrected chi connectivity index (χ0v) is 9.88. The molecule has 0 aliphatic heterocycles. The van der Waals surface area contributed by atoms with Gasteiger partial charge in [0.05, 0.1) is 0 Å². The maximum atomic E-state index is 3.32. The Hall–Kier alpha value is -0.820. The molecule has 0 heterocycles. The summed E-state index contributed by atoms with van der Waals surface area (Å²) < 4.78 is 0. The second-order valence-electron chi connectivity index (χ2n) is 3.04. The summed E-state index contributed by atoms with van der Waals surface area (Å²) in [6, 6.07) is 11.1. The third-order valence-electron chi connectivity index (χ3n) is 2.13. The van der Waals surface area contributed by atoms with Gasteiger partial charge in [0.15, 0.2) is 0 Å². The first kappa shape index (κ1) is 13.2. The summed E-state index contributed by atoms with van der Waals surface area (Å²) in [6.45, 7) is 6.22. The second kappa shape index (κ2) is 8.76. The van der Waals surface area contributed by atoms with E-state index in [1.807, 2.05) is 20.9 Å². The molecule has 1 N–H and O–H groups in total. The Kier molecular flexibility index (Phi) is 8.25. The molecule has 0 aromatic heterocycles. The molecule has 0 radical (unpaired) electrons. The van der Waals surface area contributed by atoms with E-state index in [1.54, 1.807) is 0 Å². The fourth-order valence-corrected chi connectivity index (χ4v) is 1.45. The maximum Gasteiger partial charge on any atom is 0.0317 e. The summed E-state index contributed by atoms with van der Waals surface area (Å²) in [5.41, 5.74) is 1.39. The van der Waals surface area contributed by atoms with Gasteiger partial charge >= 0.3 is 0 Å². The van der Waals surface area contributed by atoms with Crippen molar-refractivity contribution in [2.24, 2.45) is 0 Å². The van der Waals surface area contributed by atoms with Crippen LogP contribution in [0.1, 0.15) is 45.2 Å². The van der Waals surface area contributed by atoms with Crippen molar-refractivity contribution in [3.8, 4) is 0 Å². The molecule has 1 aromatic carbocycles. The van der Waals surface area contributed by atoms with Crippen LogP contribution in [0.5, 0.6) is 0 Å². The zero-order chi connectivity index (χ0) is 10.8. The lowest BCUT2D eigenvalue weighted by molar-refractivity contribution is 0.541. The van der Waals surface area contributed by atoms with Crippen molar-refractivity contribution in [3.63, 3.8) is 0 Å². The van der Waals surface area contributed by atoms with E-state index >= 15 is 0 Å². The molecule has 14 heavy (non-hydrogen) atoms. The number of nitrogens with one attached hydrogen (secondary N) is 1. The fourth-order valence-electron chi connectivity index (χ4n) is 1.45. The molecule has 1 nitrogen and oxygen atoms in total. The molecule has 1 atom stereocenters. The molecular weight excluding hydrogens is 170 g/mol. The topological polar surface area (TPSA) is 12.0 Å². The third-order valence-corrected chi connectivity index (χ3v) is 2.13. The van der Waals surface area contributed by atoms with Crippen molar-refractivity contribution in [3.05, 3.63) is 35.9 Å². The lowest BCUT2D eigenvalue weighted by Crippen LogP contribution is -2.15. The Balaban J connectivity index is 0.000000791. The van der Waals surface area contributed by atoms with E-state index in [-0.39, 0.29) is 0 Å². The monoisotopic (exact) mass is 193 g/mol. The first-order valence-corrected chi connectivity index (χ1v) is 5.60. The molecule has 0 fully saturated rings. The van der Waals surface area contributed by atoms with Crippen LogP contribution in [0.4, 0.5) is 0 Å². The first-order valence-electron chi connectivity index (χ1n) is 5.60. The normalized spacial score (nSPS) is 11.4. The van der Waals surface area contributed by atoms with Gasteiger partial charge in [0.25, 0.3) is 0 Å². The van der Waals surface area contributed by atoms with Crippen molar-refractivity contribution < 1.29 is 0 Å². The van der Waals surface area contributed by atoms with Crippen molar-refractivity contribution in [1.29, 1.82) is 0 Å². The van der Waals surface area contributed by atoms with Gasteiger partial charge in [-0.3, -0.25) is 0 Å². The zero-order valence-electron chi connectivity index (χ0n) is 9.88. The molecule has 1 rings (SSSR count). The van der Waals surface area contributed by atoms with E-state index in [0.717, 1.165) is 0 Å². The standard InChI is InChI=1S/C11H17N.C2H6/c1-3-7-11(12-2)10-8-5-4-6-9-10;1-2/h4-6,8-9,11-12H,3,7H2,1-2H3;1-2H3. The van der Waals surface area contributed by atoms with Gasteiger partial charge in [-0.1, -0.05) is 57.5 Å². The number of hydrogen-bond donors (Lipinski definition) is 1. The lowest BCUT2D eigenvalue weighted by atomic mass is 10.0. The highest BCUT2D eigenvalue weighted by Gasteiger charge is 2.05. The summed E-state index contributed by atoms with van der Waals surface area (Å²) in [4.78, 5) is 0. The Morgan fingerprint density at radius 3 is 2.14 bits per heavy atom. The summed E-state index contributed by atoms with van der Waals surface area (Å²) in [7, 11) is 2.02.